The lowest BCUT2D eigenvalue weighted by Gasteiger charge is -2.29. The van der Waals surface area contributed by atoms with E-state index >= 15 is 0 Å². The zero-order chi connectivity index (χ0) is 18.9. The Morgan fingerprint density at radius 3 is 2.50 bits per heavy atom. The molecule has 0 saturated carbocycles. The molecule has 1 saturated heterocycles. The lowest BCUT2D eigenvalue weighted by atomic mass is 10.1. The number of nitrogens with one attached hydrogen (secondary N) is 2. The summed E-state index contributed by atoms with van der Waals surface area (Å²) < 4.78 is 0. The number of aliphatic hydroxyl groups excluding tert-OH is 1. The van der Waals surface area contributed by atoms with E-state index in [0.717, 1.165) is 57.9 Å². The Kier molecular flexibility index (Phi) is 10.3. The maximum Gasteiger partial charge on any atom is 0.191 e. The number of halogens is 1. The average molecular weight is 514 g/mol. The minimum atomic E-state index is -0.108. The van der Waals surface area contributed by atoms with Gasteiger partial charge in [0, 0.05) is 44.6 Å². The number of nitrogens with zero attached hydrogens (tertiary/aromatic N) is 2. The topological polar surface area (TPSA) is 59.9 Å². The third-order valence-electron chi connectivity index (χ3n) is 4.91. The van der Waals surface area contributed by atoms with Gasteiger partial charge in [-0.15, -0.1) is 35.3 Å². The second kappa shape index (κ2) is 12.4. The van der Waals surface area contributed by atoms with Gasteiger partial charge in [-0.3, -0.25) is 9.89 Å². The van der Waals surface area contributed by atoms with Gasteiger partial charge in [0.25, 0.3) is 0 Å². The molecule has 3 N–H and O–H groups in total. The van der Waals surface area contributed by atoms with Crippen LogP contribution in [0, 0.1) is 0 Å². The van der Waals surface area contributed by atoms with Crippen molar-refractivity contribution in [3.05, 3.63) is 57.8 Å². The van der Waals surface area contributed by atoms with Gasteiger partial charge < -0.3 is 15.7 Å². The predicted molar refractivity (Wildman–Crippen MR) is 129 cm³/mol. The van der Waals surface area contributed by atoms with Gasteiger partial charge in [-0.2, -0.15) is 0 Å². The molecule has 0 aliphatic carbocycles. The fourth-order valence-electron chi connectivity index (χ4n) is 3.26. The molecule has 3 rings (SSSR count). The van der Waals surface area contributed by atoms with Crippen molar-refractivity contribution in [3.63, 3.8) is 0 Å². The Hall–Kier alpha value is -1.16. The normalized spacial score (nSPS) is 15.9. The van der Waals surface area contributed by atoms with E-state index in [2.05, 4.69) is 62.3 Å². The van der Waals surface area contributed by atoms with Crippen LogP contribution < -0.4 is 10.6 Å². The minimum Gasteiger partial charge on any atom is -0.393 e. The van der Waals surface area contributed by atoms with Crippen LogP contribution in [0.3, 0.4) is 0 Å². The van der Waals surface area contributed by atoms with Gasteiger partial charge in [-0.25, -0.2) is 0 Å². The Morgan fingerprint density at radius 2 is 1.86 bits per heavy atom. The SMILES string of the molecule is CN=C(NCCc1cccs1)NCc1ccc(CN2CCC(O)CC2)cc1.I. The van der Waals surface area contributed by atoms with Gasteiger partial charge in [0.1, 0.15) is 0 Å². The summed E-state index contributed by atoms with van der Waals surface area (Å²) in [4.78, 5) is 8.10. The molecule has 1 aliphatic rings. The maximum atomic E-state index is 9.61. The Balaban J connectivity index is 0.00000280. The predicted octanol–water partition coefficient (Wildman–Crippen LogP) is 3.23. The number of hydrogen-bond acceptors (Lipinski definition) is 4. The molecular formula is C21H31IN4OS. The lowest BCUT2D eigenvalue weighted by Crippen LogP contribution is -2.37. The van der Waals surface area contributed by atoms with E-state index in [1.165, 1.54) is 16.0 Å². The van der Waals surface area contributed by atoms with E-state index < -0.39 is 0 Å². The number of piperidine rings is 1. The number of guanidine groups is 1. The van der Waals surface area contributed by atoms with Crippen LogP contribution in [0.2, 0.25) is 0 Å². The van der Waals surface area contributed by atoms with Gasteiger partial charge in [0.2, 0.25) is 0 Å². The quantitative estimate of drug-likeness (QED) is 0.302. The first-order valence-corrected chi connectivity index (χ1v) is 10.6. The Morgan fingerprint density at radius 1 is 1.14 bits per heavy atom. The summed E-state index contributed by atoms with van der Waals surface area (Å²) in [5.41, 5.74) is 2.57. The zero-order valence-corrected chi connectivity index (χ0v) is 19.6. The minimum absolute atomic E-state index is 0. The van der Waals surface area contributed by atoms with E-state index in [4.69, 9.17) is 0 Å². The van der Waals surface area contributed by atoms with Crippen molar-refractivity contribution in [2.75, 3.05) is 26.7 Å². The van der Waals surface area contributed by atoms with Crippen LogP contribution in [0.1, 0.15) is 28.8 Å². The zero-order valence-electron chi connectivity index (χ0n) is 16.4. The highest BCUT2D eigenvalue weighted by atomic mass is 127. The second-order valence-corrected chi connectivity index (χ2v) is 8.04. The molecule has 1 fully saturated rings. The van der Waals surface area contributed by atoms with Gasteiger partial charge in [-0.1, -0.05) is 30.3 Å². The fraction of sp³-hybridized carbons (Fsp3) is 0.476. The smallest absolute Gasteiger partial charge is 0.191 e. The molecule has 0 atom stereocenters. The number of rotatable bonds is 7. The van der Waals surface area contributed by atoms with Gasteiger partial charge >= 0.3 is 0 Å². The number of likely N-dealkylation sites (tertiary alicyclic amines) is 1. The molecular weight excluding hydrogens is 483 g/mol. The third-order valence-corrected chi connectivity index (χ3v) is 5.85. The maximum absolute atomic E-state index is 9.61. The molecule has 1 aromatic heterocycles. The molecule has 28 heavy (non-hydrogen) atoms. The van der Waals surface area contributed by atoms with Crippen molar-refractivity contribution in [1.82, 2.24) is 15.5 Å². The number of hydrogen-bond donors (Lipinski definition) is 3. The molecule has 5 nitrogen and oxygen atoms in total. The van der Waals surface area contributed by atoms with Crippen LogP contribution in [0.15, 0.2) is 46.8 Å². The van der Waals surface area contributed by atoms with E-state index in [1.807, 2.05) is 0 Å². The van der Waals surface area contributed by atoms with Crippen molar-refractivity contribution >= 4 is 41.3 Å². The molecule has 154 valence electrons. The average Bonchev–Trinajstić information content (AvgIpc) is 3.21. The van der Waals surface area contributed by atoms with Crippen LogP contribution in [-0.2, 0) is 19.5 Å². The fourth-order valence-corrected chi connectivity index (χ4v) is 3.97. The van der Waals surface area contributed by atoms with Gasteiger partial charge in [0.05, 0.1) is 6.10 Å². The lowest BCUT2D eigenvalue weighted by molar-refractivity contribution is 0.0792. The number of benzene rings is 1. The summed E-state index contributed by atoms with van der Waals surface area (Å²) in [6.45, 7) is 4.57. The molecule has 2 aromatic rings. The number of aliphatic hydroxyl groups is 1. The molecule has 0 radical (unpaired) electrons. The number of thiophene rings is 1. The summed E-state index contributed by atoms with van der Waals surface area (Å²) in [5.74, 6) is 0.836. The molecule has 2 heterocycles. The van der Waals surface area contributed by atoms with Crippen LogP contribution in [0.5, 0.6) is 0 Å². The van der Waals surface area contributed by atoms with E-state index in [1.54, 1.807) is 18.4 Å². The van der Waals surface area contributed by atoms with Crippen molar-refractivity contribution in [3.8, 4) is 0 Å². The molecule has 1 aromatic carbocycles. The van der Waals surface area contributed by atoms with Gasteiger partial charge in [0.15, 0.2) is 5.96 Å². The molecule has 0 unspecified atom stereocenters. The first-order valence-electron chi connectivity index (χ1n) is 9.68. The van der Waals surface area contributed by atoms with Crippen LogP contribution in [-0.4, -0.2) is 48.8 Å². The van der Waals surface area contributed by atoms with E-state index in [9.17, 15) is 5.11 Å². The Bertz CT molecular complexity index is 698. The second-order valence-electron chi connectivity index (χ2n) is 7.01. The van der Waals surface area contributed by atoms with Crippen LogP contribution in [0.4, 0.5) is 0 Å². The summed E-state index contributed by atoms with van der Waals surface area (Å²) in [6.07, 6.45) is 2.69. The highest BCUT2D eigenvalue weighted by molar-refractivity contribution is 14.0. The molecule has 0 amide bonds. The van der Waals surface area contributed by atoms with Crippen molar-refractivity contribution < 1.29 is 5.11 Å². The molecule has 0 bridgehead atoms. The molecule has 7 heteroatoms. The Labute approximate surface area is 189 Å². The van der Waals surface area contributed by atoms with E-state index in [-0.39, 0.29) is 30.1 Å². The van der Waals surface area contributed by atoms with Crippen molar-refractivity contribution in [2.24, 2.45) is 4.99 Å². The first kappa shape index (κ1) is 23.1. The van der Waals surface area contributed by atoms with Crippen LogP contribution >= 0.6 is 35.3 Å². The summed E-state index contributed by atoms with van der Waals surface area (Å²) in [5, 5.41) is 18.5. The van der Waals surface area contributed by atoms with Crippen molar-refractivity contribution in [2.45, 2.75) is 38.5 Å². The monoisotopic (exact) mass is 514 g/mol. The third kappa shape index (κ3) is 7.69. The van der Waals surface area contributed by atoms with Crippen molar-refractivity contribution in [1.29, 1.82) is 0 Å². The number of aliphatic imine (C=N–C) groups is 1. The largest absolute Gasteiger partial charge is 0.393 e. The highest BCUT2D eigenvalue weighted by Crippen LogP contribution is 2.14. The van der Waals surface area contributed by atoms with Gasteiger partial charge in [-0.05, 0) is 41.8 Å². The highest BCUT2D eigenvalue weighted by Gasteiger charge is 2.16. The standard InChI is InChI=1S/C21H30N4OS.HI/c1-22-21(23-11-8-20-3-2-14-27-20)24-15-17-4-6-18(7-5-17)16-25-12-9-19(26)10-13-25;/h2-7,14,19,26H,8-13,15-16H2,1H3,(H2,22,23,24);1H. The van der Waals surface area contributed by atoms with Crippen LogP contribution in [0.25, 0.3) is 0 Å². The molecule has 1 aliphatic heterocycles. The summed E-state index contributed by atoms with van der Waals surface area (Å²) in [6, 6.07) is 13.0. The molecule has 0 spiro atoms. The summed E-state index contributed by atoms with van der Waals surface area (Å²) in [7, 11) is 1.80. The summed E-state index contributed by atoms with van der Waals surface area (Å²) >= 11 is 1.79. The first-order chi connectivity index (χ1) is 13.2. The van der Waals surface area contributed by atoms with E-state index in [0.29, 0.717) is 0 Å².